The predicted molar refractivity (Wildman–Crippen MR) is 55.1 cm³/mol. The lowest BCUT2D eigenvalue weighted by Gasteiger charge is -2.33. The fourth-order valence-corrected chi connectivity index (χ4v) is 3.48. The SMILES string of the molecule is CO[C@@H]1CCC[C@@H]1C1(C=O)CCCC1. The van der Waals surface area contributed by atoms with Gasteiger partial charge >= 0.3 is 0 Å². The summed E-state index contributed by atoms with van der Waals surface area (Å²) < 4.78 is 5.50. The van der Waals surface area contributed by atoms with Crippen molar-refractivity contribution in [3.05, 3.63) is 0 Å². The van der Waals surface area contributed by atoms with E-state index < -0.39 is 0 Å². The molecule has 2 atom stereocenters. The Kier molecular flexibility index (Phi) is 2.91. The summed E-state index contributed by atoms with van der Waals surface area (Å²) in [5.41, 5.74) is -0.0167. The predicted octanol–water partition coefficient (Wildman–Crippen LogP) is 2.56. The van der Waals surface area contributed by atoms with E-state index in [-0.39, 0.29) is 5.41 Å². The van der Waals surface area contributed by atoms with E-state index in [4.69, 9.17) is 4.74 Å². The Morgan fingerprint density at radius 3 is 2.50 bits per heavy atom. The molecule has 0 unspecified atom stereocenters. The van der Waals surface area contributed by atoms with E-state index in [1.165, 1.54) is 32.0 Å². The number of aldehydes is 1. The third kappa shape index (κ3) is 1.50. The number of methoxy groups -OCH3 is 1. The molecule has 2 aliphatic rings. The molecule has 0 saturated heterocycles. The number of hydrogen-bond donors (Lipinski definition) is 0. The van der Waals surface area contributed by atoms with E-state index in [1.807, 2.05) is 0 Å². The van der Waals surface area contributed by atoms with Crippen molar-refractivity contribution in [3.63, 3.8) is 0 Å². The zero-order valence-electron chi connectivity index (χ0n) is 9.00. The highest BCUT2D eigenvalue weighted by molar-refractivity contribution is 5.60. The minimum atomic E-state index is -0.0167. The van der Waals surface area contributed by atoms with Gasteiger partial charge in [-0.1, -0.05) is 19.3 Å². The molecular formula is C12H20O2. The number of carbonyl (C=O) groups is 1. The van der Waals surface area contributed by atoms with Crippen LogP contribution < -0.4 is 0 Å². The van der Waals surface area contributed by atoms with Crippen molar-refractivity contribution < 1.29 is 9.53 Å². The van der Waals surface area contributed by atoms with Crippen LogP contribution in [0.1, 0.15) is 44.9 Å². The molecule has 0 aliphatic heterocycles. The Balaban J connectivity index is 2.14. The molecule has 0 spiro atoms. The Bertz CT molecular complexity index is 206. The Morgan fingerprint density at radius 1 is 1.21 bits per heavy atom. The van der Waals surface area contributed by atoms with Gasteiger partial charge in [0.15, 0.2) is 0 Å². The van der Waals surface area contributed by atoms with Crippen molar-refractivity contribution in [2.45, 2.75) is 51.0 Å². The van der Waals surface area contributed by atoms with Crippen LogP contribution in [0.3, 0.4) is 0 Å². The number of carbonyl (C=O) groups excluding carboxylic acids is 1. The van der Waals surface area contributed by atoms with Crippen molar-refractivity contribution in [2.75, 3.05) is 7.11 Å². The molecule has 2 nitrogen and oxygen atoms in total. The zero-order chi connectivity index (χ0) is 10.0. The molecule has 2 rings (SSSR count). The van der Waals surface area contributed by atoms with E-state index in [0.29, 0.717) is 12.0 Å². The highest BCUT2D eigenvalue weighted by Crippen LogP contribution is 2.49. The summed E-state index contributed by atoms with van der Waals surface area (Å²) in [4.78, 5) is 11.3. The van der Waals surface area contributed by atoms with E-state index in [2.05, 4.69) is 0 Å². The standard InChI is InChI=1S/C12H20O2/c1-14-11-6-4-5-10(11)12(9-13)7-2-3-8-12/h9-11H,2-8H2,1H3/t10-,11+/m0/s1. The maximum atomic E-state index is 11.3. The van der Waals surface area contributed by atoms with Crippen LogP contribution in [0.4, 0.5) is 0 Å². The van der Waals surface area contributed by atoms with Crippen LogP contribution in [0.5, 0.6) is 0 Å². The normalized spacial score (nSPS) is 36.1. The summed E-state index contributed by atoms with van der Waals surface area (Å²) in [5, 5.41) is 0. The first kappa shape index (κ1) is 10.2. The Morgan fingerprint density at radius 2 is 1.93 bits per heavy atom. The maximum Gasteiger partial charge on any atom is 0.126 e. The van der Waals surface area contributed by atoms with Crippen molar-refractivity contribution in [1.82, 2.24) is 0 Å². The van der Waals surface area contributed by atoms with Gasteiger partial charge in [-0.15, -0.1) is 0 Å². The summed E-state index contributed by atoms with van der Waals surface area (Å²) in [7, 11) is 1.79. The molecular weight excluding hydrogens is 176 g/mol. The fraction of sp³-hybridized carbons (Fsp3) is 0.917. The molecule has 0 N–H and O–H groups in total. The van der Waals surface area contributed by atoms with Crippen molar-refractivity contribution in [2.24, 2.45) is 11.3 Å². The highest BCUT2D eigenvalue weighted by atomic mass is 16.5. The van der Waals surface area contributed by atoms with Crippen LogP contribution in [0.25, 0.3) is 0 Å². The lowest BCUT2D eigenvalue weighted by Crippen LogP contribution is -2.35. The second-order valence-electron chi connectivity index (χ2n) is 4.87. The summed E-state index contributed by atoms with van der Waals surface area (Å²) in [6.07, 6.45) is 9.81. The van der Waals surface area contributed by atoms with Crippen LogP contribution >= 0.6 is 0 Å². The average molecular weight is 196 g/mol. The second-order valence-corrected chi connectivity index (χ2v) is 4.87. The zero-order valence-corrected chi connectivity index (χ0v) is 9.00. The minimum Gasteiger partial charge on any atom is -0.381 e. The van der Waals surface area contributed by atoms with Crippen LogP contribution in [0, 0.1) is 11.3 Å². The molecule has 0 radical (unpaired) electrons. The molecule has 80 valence electrons. The van der Waals surface area contributed by atoms with E-state index in [1.54, 1.807) is 7.11 Å². The van der Waals surface area contributed by atoms with Gasteiger partial charge in [0, 0.05) is 12.5 Å². The Hall–Kier alpha value is -0.370. The molecule has 0 heterocycles. The average Bonchev–Trinajstić information content (AvgIpc) is 2.86. The van der Waals surface area contributed by atoms with Gasteiger partial charge in [-0.25, -0.2) is 0 Å². The number of hydrogen-bond acceptors (Lipinski definition) is 2. The van der Waals surface area contributed by atoms with Gasteiger partial charge in [0.25, 0.3) is 0 Å². The first-order valence-electron chi connectivity index (χ1n) is 5.81. The van der Waals surface area contributed by atoms with Crippen LogP contribution in [0.2, 0.25) is 0 Å². The van der Waals surface area contributed by atoms with Gasteiger partial charge in [0.2, 0.25) is 0 Å². The minimum absolute atomic E-state index is 0.0167. The summed E-state index contributed by atoms with van der Waals surface area (Å²) in [5.74, 6) is 0.507. The van der Waals surface area contributed by atoms with Gasteiger partial charge in [0.05, 0.1) is 6.10 Å². The Labute approximate surface area is 86.0 Å². The third-order valence-corrected chi connectivity index (χ3v) is 4.26. The van der Waals surface area contributed by atoms with Crippen molar-refractivity contribution in [3.8, 4) is 0 Å². The second kappa shape index (κ2) is 4.01. The van der Waals surface area contributed by atoms with Gasteiger partial charge in [-0.3, -0.25) is 0 Å². The molecule has 0 aromatic rings. The number of ether oxygens (including phenoxy) is 1. The summed E-state index contributed by atoms with van der Waals surface area (Å²) in [6, 6.07) is 0. The van der Waals surface area contributed by atoms with Crippen molar-refractivity contribution in [1.29, 1.82) is 0 Å². The first-order chi connectivity index (χ1) is 6.82. The van der Waals surface area contributed by atoms with E-state index in [9.17, 15) is 4.79 Å². The van der Waals surface area contributed by atoms with Gasteiger partial charge < -0.3 is 9.53 Å². The van der Waals surface area contributed by atoms with Gasteiger partial charge in [-0.05, 0) is 31.6 Å². The lowest BCUT2D eigenvalue weighted by atomic mass is 9.73. The topological polar surface area (TPSA) is 26.3 Å². The van der Waals surface area contributed by atoms with E-state index >= 15 is 0 Å². The smallest absolute Gasteiger partial charge is 0.126 e. The van der Waals surface area contributed by atoms with Crippen LogP contribution in [-0.2, 0) is 9.53 Å². The lowest BCUT2D eigenvalue weighted by molar-refractivity contribution is -0.121. The summed E-state index contributed by atoms with van der Waals surface area (Å²) in [6.45, 7) is 0. The van der Waals surface area contributed by atoms with Gasteiger partial charge in [-0.2, -0.15) is 0 Å². The maximum absolute atomic E-state index is 11.3. The van der Waals surface area contributed by atoms with Crippen LogP contribution in [-0.4, -0.2) is 19.5 Å². The molecule has 14 heavy (non-hydrogen) atoms. The molecule has 0 aromatic heterocycles. The molecule has 2 fully saturated rings. The molecule has 0 aromatic carbocycles. The molecule has 0 bridgehead atoms. The molecule has 0 amide bonds. The fourth-order valence-electron chi connectivity index (χ4n) is 3.48. The molecule has 2 aliphatic carbocycles. The third-order valence-electron chi connectivity index (χ3n) is 4.26. The van der Waals surface area contributed by atoms with Crippen LogP contribution in [0.15, 0.2) is 0 Å². The highest BCUT2D eigenvalue weighted by Gasteiger charge is 2.46. The number of rotatable bonds is 3. The van der Waals surface area contributed by atoms with Crippen molar-refractivity contribution >= 4 is 6.29 Å². The largest absolute Gasteiger partial charge is 0.381 e. The van der Waals surface area contributed by atoms with E-state index in [0.717, 1.165) is 19.3 Å². The van der Waals surface area contributed by atoms with Gasteiger partial charge in [0.1, 0.15) is 6.29 Å². The molecule has 2 heteroatoms. The molecule has 2 saturated carbocycles. The monoisotopic (exact) mass is 196 g/mol. The summed E-state index contributed by atoms with van der Waals surface area (Å²) >= 11 is 0. The quantitative estimate of drug-likeness (QED) is 0.648. The first-order valence-corrected chi connectivity index (χ1v) is 5.81.